The van der Waals surface area contributed by atoms with E-state index in [-0.39, 0.29) is 11.8 Å². The Labute approximate surface area is 142 Å². The van der Waals surface area contributed by atoms with Gasteiger partial charge in [-0.1, -0.05) is 32.0 Å². The number of likely N-dealkylation sites (tertiary alicyclic amines) is 1. The van der Waals surface area contributed by atoms with Gasteiger partial charge in [-0.2, -0.15) is 0 Å². The molecular formula is C18H26FN3O2. The van der Waals surface area contributed by atoms with Gasteiger partial charge in [-0.3, -0.25) is 14.5 Å². The number of nitrogens with one attached hydrogen (secondary N) is 2. The molecule has 2 amide bonds. The number of halogens is 1. The number of likely N-dealkylation sites (N-methyl/N-ethyl adjacent to an activating group) is 1. The molecule has 5 nitrogen and oxygen atoms in total. The SMILES string of the molecule is CNC(=O)C(c1ccccc1F)N1CCCC1C(=O)NCC(C)C. The lowest BCUT2D eigenvalue weighted by molar-refractivity contribution is -0.131. The number of carbonyl (C=O) groups excluding carboxylic acids is 2. The van der Waals surface area contributed by atoms with E-state index in [9.17, 15) is 14.0 Å². The molecule has 2 rings (SSSR count). The lowest BCUT2D eigenvalue weighted by Gasteiger charge is -2.31. The lowest BCUT2D eigenvalue weighted by atomic mass is 10.0. The van der Waals surface area contributed by atoms with E-state index >= 15 is 0 Å². The summed E-state index contributed by atoms with van der Waals surface area (Å²) in [6.45, 7) is 5.23. The first-order chi connectivity index (χ1) is 11.5. The molecular weight excluding hydrogens is 309 g/mol. The van der Waals surface area contributed by atoms with Crippen LogP contribution in [0.15, 0.2) is 24.3 Å². The molecule has 24 heavy (non-hydrogen) atoms. The lowest BCUT2D eigenvalue weighted by Crippen LogP contribution is -2.49. The van der Waals surface area contributed by atoms with Gasteiger partial charge in [0.05, 0.1) is 6.04 Å². The largest absolute Gasteiger partial charge is 0.358 e. The van der Waals surface area contributed by atoms with Gasteiger partial charge in [0.25, 0.3) is 0 Å². The van der Waals surface area contributed by atoms with Crippen molar-refractivity contribution in [2.45, 2.75) is 38.8 Å². The van der Waals surface area contributed by atoms with Crippen LogP contribution in [-0.4, -0.2) is 42.9 Å². The average molecular weight is 335 g/mol. The van der Waals surface area contributed by atoms with Gasteiger partial charge in [0, 0.05) is 25.7 Å². The first-order valence-electron chi connectivity index (χ1n) is 8.45. The standard InChI is InChI=1S/C18H26FN3O2/c1-12(2)11-21-17(23)15-9-6-10-22(15)16(18(24)20-3)13-7-4-5-8-14(13)19/h4-5,7-8,12,15-16H,6,9-11H2,1-3H3,(H,20,24)(H,21,23). The molecule has 0 aliphatic carbocycles. The fraction of sp³-hybridized carbons (Fsp3) is 0.556. The normalized spacial score (nSPS) is 19.3. The Kier molecular flexibility index (Phi) is 6.31. The third kappa shape index (κ3) is 4.12. The Morgan fingerprint density at radius 1 is 1.33 bits per heavy atom. The molecule has 0 spiro atoms. The second kappa shape index (κ2) is 8.24. The van der Waals surface area contributed by atoms with Crippen LogP contribution in [0.2, 0.25) is 0 Å². The monoisotopic (exact) mass is 335 g/mol. The summed E-state index contributed by atoms with van der Waals surface area (Å²) in [5.74, 6) is -0.473. The molecule has 1 aliphatic heterocycles. The van der Waals surface area contributed by atoms with Crippen LogP contribution < -0.4 is 10.6 Å². The number of carbonyl (C=O) groups is 2. The van der Waals surface area contributed by atoms with Crippen molar-refractivity contribution in [2.75, 3.05) is 20.1 Å². The van der Waals surface area contributed by atoms with Gasteiger partial charge >= 0.3 is 0 Å². The van der Waals surface area contributed by atoms with Crippen molar-refractivity contribution in [2.24, 2.45) is 5.92 Å². The molecule has 1 heterocycles. The number of amides is 2. The van der Waals surface area contributed by atoms with Gasteiger partial charge in [0.15, 0.2) is 0 Å². The molecule has 1 fully saturated rings. The van der Waals surface area contributed by atoms with Crippen LogP contribution in [0.5, 0.6) is 0 Å². The summed E-state index contributed by atoms with van der Waals surface area (Å²) in [7, 11) is 1.53. The number of nitrogens with zero attached hydrogens (tertiary/aromatic N) is 1. The van der Waals surface area contributed by atoms with Gasteiger partial charge in [-0.25, -0.2) is 4.39 Å². The molecule has 1 aromatic carbocycles. The van der Waals surface area contributed by atoms with E-state index in [1.807, 2.05) is 18.7 Å². The molecule has 132 valence electrons. The Balaban J connectivity index is 2.27. The van der Waals surface area contributed by atoms with Gasteiger partial charge in [0.2, 0.25) is 11.8 Å². The zero-order valence-corrected chi connectivity index (χ0v) is 14.5. The Bertz CT molecular complexity index is 591. The Morgan fingerprint density at radius 3 is 2.67 bits per heavy atom. The van der Waals surface area contributed by atoms with Crippen LogP contribution >= 0.6 is 0 Å². The summed E-state index contributed by atoms with van der Waals surface area (Å²) in [4.78, 5) is 26.8. The van der Waals surface area contributed by atoms with Crippen LogP contribution in [0.25, 0.3) is 0 Å². The molecule has 6 heteroatoms. The highest BCUT2D eigenvalue weighted by Crippen LogP contribution is 2.31. The predicted molar refractivity (Wildman–Crippen MR) is 90.8 cm³/mol. The van der Waals surface area contributed by atoms with E-state index in [1.165, 1.54) is 13.1 Å². The Hall–Kier alpha value is -1.95. The molecule has 0 bridgehead atoms. The molecule has 0 aromatic heterocycles. The minimum atomic E-state index is -0.798. The zero-order valence-electron chi connectivity index (χ0n) is 14.5. The zero-order chi connectivity index (χ0) is 17.7. The molecule has 1 aromatic rings. The second-order valence-corrected chi connectivity index (χ2v) is 6.57. The number of benzene rings is 1. The van der Waals surface area contributed by atoms with E-state index in [0.717, 1.165) is 6.42 Å². The quantitative estimate of drug-likeness (QED) is 0.834. The van der Waals surface area contributed by atoms with Gasteiger partial charge in [-0.05, 0) is 24.8 Å². The summed E-state index contributed by atoms with van der Waals surface area (Å²) in [6.07, 6.45) is 1.48. The maximum absolute atomic E-state index is 14.3. The highest BCUT2D eigenvalue weighted by molar-refractivity contribution is 5.86. The number of hydrogen-bond acceptors (Lipinski definition) is 3. The van der Waals surface area contributed by atoms with Gasteiger partial charge < -0.3 is 10.6 Å². The van der Waals surface area contributed by atoms with Crippen molar-refractivity contribution >= 4 is 11.8 Å². The van der Waals surface area contributed by atoms with Crippen molar-refractivity contribution < 1.29 is 14.0 Å². The third-order valence-corrected chi connectivity index (χ3v) is 4.31. The van der Waals surface area contributed by atoms with Crippen LogP contribution in [0, 0.1) is 11.7 Å². The Morgan fingerprint density at radius 2 is 2.04 bits per heavy atom. The minimum Gasteiger partial charge on any atom is -0.358 e. The maximum atomic E-state index is 14.3. The smallest absolute Gasteiger partial charge is 0.241 e. The first kappa shape index (κ1) is 18.4. The highest BCUT2D eigenvalue weighted by Gasteiger charge is 2.39. The second-order valence-electron chi connectivity index (χ2n) is 6.57. The summed E-state index contributed by atoms with van der Waals surface area (Å²) >= 11 is 0. The maximum Gasteiger partial charge on any atom is 0.241 e. The summed E-state index contributed by atoms with van der Waals surface area (Å²) in [6, 6.07) is 5.04. The minimum absolute atomic E-state index is 0.0913. The topological polar surface area (TPSA) is 61.4 Å². The van der Waals surface area contributed by atoms with E-state index in [0.29, 0.717) is 31.0 Å². The summed E-state index contributed by atoms with van der Waals surface area (Å²) in [5, 5.41) is 5.52. The van der Waals surface area contributed by atoms with Crippen molar-refractivity contribution in [3.63, 3.8) is 0 Å². The first-order valence-corrected chi connectivity index (χ1v) is 8.45. The van der Waals surface area contributed by atoms with Gasteiger partial charge in [0.1, 0.15) is 11.9 Å². The van der Waals surface area contributed by atoms with Crippen molar-refractivity contribution in [1.82, 2.24) is 15.5 Å². The molecule has 1 aliphatic rings. The fourth-order valence-corrected chi connectivity index (χ4v) is 3.11. The van der Waals surface area contributed by atoms with Crippen LogP contribution in [0.1, 0.15) is 38.3 Å². The molecule has 2 unspecified atom stereocenters. The van der Waals surface area contributed by atoms with Crippen LogP contribution in [0.4, 0.5) is 4.39 Å². The van der Waals surface area contributed by atoms with E-state index < -0.39 is 17.9 Å². The predicted octanol–water partition coefficient (Wildman–Crippen LogP) is 1.85. The fourth-order valence-electron chi connectivity index (χ4n) is 3.11. The van der Waals surface area contributed by atoms with E-state index in [2.05, 4.69) is 10.6 Å². The van der Waals surface area contributed by atoms with Crippen molar-refractivity contribution in [3.8, 4) is 0 Å². The molecule has 2 N–H and O–H groups in total. The molecule has 1 saturated heterocycles. The van der Waals surface area contributed by atoms with Gasteiger partial charge in [-0.15, -0.1) is 0 Å². The van der Waals surface area contributed by atoms with E-state index in [1.54, 1.807) is 18.2 Å². The molecule has 2 atom stereocenters. The highest BCUT2D eigenvalue weighted by atomic mass is 19.1. The summed E-state index contributed by atoms with van der Waals surface area (Å²) in [5.41, 5.74) is 0.306. The summed E-state index contributed by atoms with van der Waals surface area (Å²) < 4.78 is 14.3. The number of rotatable bonds is 6. The number of hydrogen-bond donors (Lipinski definition) is 2. The molecule has 0 saturated carbocycles. The van der Waals surface area contributed by atoms with Crippen LogP contribution in [-0.2, 0) is 9.59 Å². The molecule has 0 radical (unpaired) electrons. The average Bonchev–Trinajstić information content (AvgIpc) is 3.03. The van der Waals surface area contributed by atoms with Crippen molar-refractivity contribution in [1.29, 1.82) is 0 Å². The third-order valence-electron chi connectivity index (χ3n) is 4.31. The van der Waals surface area contributed by atoms with Crippen LogP contribution in [0.3, 0.4) is 0 Å². The van der Waals surface area contributed by atoms with Crippen molar-refractivity contribution in [3.05, 3.63) is 35.6 Å². The van der Waals surface area contributed by atoms with E-state index in [4.69, 9.17) is 0 Å².